The molecule has 0 radical (unpaired) electrons. The fourth-order valence-electron chi connectivity index (χ4n) is 4.04. The summed E-state index contributed by atoms with van der Waals surface area (Å²) in [6.45, 7) is 4.60. The van der Waals surface area contributed by atoms with Crippen molar-refractivity contribution in [1.82, 2.24) is 19.9 Å². The van der Waals surface area contributed by atoms with E-state index in [1.165, 1.54) is 0 Å². The molecule has 0 bridgehead atoms. The number of benzene rings is 2. The Balaban J connectivity index is 1.36. The van der Waals surface area contributed by atoms with Crippen molar-refractivity contribution in [2.75, 3.05) is 25.5 Å². The maximum atomic E-state index is 6.43. The van der Waals surface area contributed by atoms with Crippen molar-refractivity contribution < 1.29 is 9.47 Å². The number of ether oxygens (including phenoxy) is 2. The van der Waals surface area contributed by atoms with Crippen molar-refractivity contribution in [2.45, 2.75) is 32.5 Å². The molecule has 1 fully saturated rings. The van der Waals surface area contributed by atoms with Crippen LogP contribution in [0.1, 0.15) is 24.1 Å². The number of piperidine rings is 1. The summed E-state index contributed by atoms with van der Waals surface area (Å²) in [5.74, 6) is 2.40. The van der Waals surface area contributed by atoms with Crippen LogP contribution in [0.4, 0.5) is 11.5 Å². The Bertz CT molecular complexity index is 1220. The Hall–Kier alpha value is -3.23. The van der Waals surface area contributed by atoms with E-state index in [0.29, 0.717) is 6.61 Å². The smallest absolute Gasteiger partial charge is 0.145 e. The third kappa shape index (κ3) is 5.07. The van der Waals surface area contributed by atoms with Crippen molar-refractivity contribution in [3.05, 3.63) is 64.9 Å². The number of aryl methyl sites for hydroxylation is 1. The number of nitrogens with zero attached hydrogens (tertiary/aromatic N) is 4. The second kappa shape index (κ2) is 9.72. The monoisotopic (exact) mass is 461 g/mol. The number of thiazole rings is 1. The van der Waals surface area contributed by atoms with Gasteiger partial charge in [-0.1, -0.05) is 6.07 Å². The summed E-state index contributed by atoms with van der Waals surface area (Å²) >= 11 is 1.57. The number of fused-ring (bicyclic) bond motifs is 1. The normalized spacial score (nSPS) is 15.0. The van der Waals surface area contributed by atoms with Gasteiger partial charge in [-0.15, -0.1) is 11.3 Å². The van der Waals surface area contributed by atoms with Gasteiger partial charge >= 0.3 is 0 Å². The Morgan fingerprint density at radius 3 is 2.76 bits per heavy atom. The van der Waals surface area contributed by atoms with Crippen LogP contribution in [0.3, 0.4) is 0 Å². The minimum absolute atomic E-state index is 0.205. The van der Waals surface area contributed by atoms with Crippen LogP contribution in [0.5, 0.6) is 11.5 Å². The molecule has 8 heteroatoms. The summed E-state index contributed by atoms with van der Waals surface area (Å²) in [5, 5.41) is 6.36. The fourth-order valence-corrected chi connectivity index (χ4v) is 4.58. The lowest BCUT2D eigenvalue weighted by molar-refractivity contribution is 0.116. The maximum Gasteiger partial charge on any atom is 0.145 e. The van der Waals surface area contributed by atoms with Crippen molar-refractivity contribution >= 4 is 33.7 Å². The average molecular weight is 462 g/mol. The SMILES string of the molecule is Cc1cc(Nc2ncnc3cccc(OC4CCN(C)CC4)c23)ccc1OCc1cscn1. The van der Waals surface area contributed by atoms with Gasteiger partial charge in [-0.2, -0.15) is 0 Å². The predicted octanol–water partition coefficient (Wildman–Crippen LogP) is 5.19. The van der Waals surface area contributed by atoms with E-state index < -0.39 is 0 Å². The fraction of sp³-hybridized carbons (Fsp3) is 0.320. The highest BCUT2D eigenvalue weighted by Crippen LogP contribution is 2.34. The van der Waals surface area contributed by atoms with Crippen molar-refractivity contribution in [3.63, 3.8) is 0 Å². The van der Waals surface area contributed by atoms with Gasteiger partial charge in [0.25, 0.3) is 0 Å². The molecule has 0 aliphatic carbocycles. The Morgan fingerprint density at radius 2 is 1.97 bits per heavy atom. The largest absolute Gasteiger partial charge is 0.489 e. The topological polar surface area (TPSA) is 72.4 Å². The van der Waals surface area contributed by atoms with E-state index in [9.17, 15) is 0 Å². The second-order valence-electron chi connectivity index (χ2n) is 8.37. The third-order valence-electron chi connectivity index (χ3n) is 5.88. The lowest BCUT2D eigenvalue weighted by atomic mass is 10.1. The van der Waals surface area contributed by atoms with E-state index >= 15 is 0 Å². The van der Waals surface area contributed by atoms with Crippen molar-refractivity contribution in [3.8, 4) is 11.5 Å². The minimum Gasteiger partial charge on any atom is -0.489 e. The van der Waals surface area contributed by atoms with Gasteiger partial charge in [0.2, 0.25) is 0 Å². The van der Waals surface area contributed by atoms with E-state index in [1.54, 1.807) is 17.7 Å². The molecule has 1 N–H and O–H groups in total. The zero-order valence-corrected chi connectivity index (χ0v) is 19.6. The van der Waals surface area contributed by atoms with Crippen LogP contribution >= 0.6 is 11.3 Å². The summed E-state index contributed by atoms with van der Waals surface area (Å²) in [5.41, 5.74) is 5.58. The number of hydrogen-bond acceptors (Lipinski definition) is 8. The minimum atomic E-state index is 0.205. The quantitative estimate of drug-likeness (QED) is 0.406. The molecular formula is C25H27N5O2S. The first-order valence-electron chi connectivity index (χ1n) is 11.1. The van der Waals surface area contributed by atoms with Gasteiger partial charge in [0.05, 0.1) is 22.1 Å². The third-order valence-corrected chi connectivity index (χ3v) is 6.52. The zero-order valence-electron chi connectivity index (χ0n) is 18.8. The summed E-state index contributed by atoms with van der Waals surface area (Å²) in [6.07, 6.45) is 3.83. The van der Waals surface area contributed by atoms with Gasteiger partial charge in [0.1, 0.15) is 36.4 Å². The van der Waals surface area contributed by atoms with Gasteiger partial charge in [-0.3, -0.25) is 0 Å². The molecule has 0 unspecified atom stereocenters. The molecule has 2 aromatic heterocycles. The van der Waals surface area contributed by atoms with E-state index in [0.717, 1.165) is 71.1 Å². The van der Waals surface area contributed by atoms with Crippen molar-refractivity contribution in [2.24, 2.45) is 0 Å². The molecule has 0 amide bonds. The summed E-state index contributed by atoms with van der Waals surface area (Å²) in [6, 6.07) is 12.0. The number of hydrogen-bond donors (Lipinski definition) is 1. The van der Waals surface area contributed by atoms with Crippen LogP contribution in [0.15, 0.2) is 53.6 Å². The van der Waals surface area contributed by atoms with Gasteiger partial charge < -0.3 is 19.7 Å². The Morgan fingerprint density at radius 1 is 1.09 bits per heavy atom. The lowest BCUT2D eigenvalue weighted by Gasteiger charge is -2.29. The summed E-state index contributed by atoms with van der Waals surface area (Å²) < 4.78 is 12.4. The molecule has 2 aromatic carbocycles. The molecule has 0 atom stereocenters. The van der Waals surface area contributed by atoms with Crippen molar-refractivity contribution in [1.29, 1.82) is 0 Å². The first kappa shape index (κ1) is 21.6. The summed E-state index contributed by atoms with van der Waals surface area (Å²) in [7, 11) is 2.15. The maximum absolute atomic E-state index is 6.43. The van der Waals surface area contributed by atoms with Gasteiger partial charge in [-0.05, 0) is 62.7 Å². The molecule has 5 rings (SSSR count). The molecule has 33 heavy (non-hydrogen) atoms. The molecule has 3 heterocycles. The average Bonchev–Trinajstić information content (AvgIpc) is 3.34. The predicted molar refractivity (Wildman–Crippen MR) is 132 cm³/mol. The molecule has 0 spiro atoms. The van der Waals surface area contributed by atoms with Gasteiger partial charge in [-0.25, -0.2) is 15.0 Å². The Kier molecular flexibility index (Phi) is 6.37. The van der Waals surface area contributed by atoms with Crippen LogP contribution in [0.25, 0.3) is 10.9 Å². The van der Waals surface area contributed by atoms with Gasteiger partial charge in [0.15, 0.2) is 0 Å². The summed E-state index contributed by atoms with van der Waals surface area (Å²) in [4.78, 5) is 15.6. The van der Waals surface area contributed by atoms with Crippen LogP contribution in [0.2, 0.25) is 0 Å². The van der Waals surface area contributed by atoms with E-state index in [2.05, 4.69) is 38.3 Å². The molecule has 1 saturated heterocycles. The van der Waals surface area contributed by atoms with E-state index in [4.69, 9.17) is 9.47 Å². The zero-order chi connectivity index (χ0) is 22.6. The number of aromatic nitrogens is 3. The van der Waals surface area contributed by atoms with Crippen LogP contribution < -0.4 is 14.8 Å². The number of rotatable bonds is 7. The van der Waals surface area contributed by atoms with E-state index in [1.807, 2.05) is 48.1 Å². The van der Waals surface area contributed by atoms with Crippen LogP contribution in [-0.2, 0) is 6.61 Å². The number of likely N-dealkylation sites (tertiary alicyclic amines) is 1. The molecule has 0 saturated carbocycles. The van der Waals surface area contributed by atoms with Crippen LogP contribution in [-0.4, -0.2) is 46.1 Å². The first-order valence-corrected chi connectivity index (χ1v) is 12.1. The standard InChI is InChI=1S/C25H27N5O2S/c1-17-12-18(6-7-22(17)31-13-19-14-33-16-28-19)29-25-24-21(26-15-27-25)4-3-5-23(24)32-20-8-10-30(2)11-9-20/h3-7,12,14-16,20H,8-11,13H2,1-2H3,(H,26,27,29). The Labute approximate surface area is 197 Å². The second-order valence-corrected chi connectivity index (χ2v) is 9.09. The molecule has 1 aliphatic heterocycles. The molecule has 7 nitrogen and oxygen atoms in total. The number of nitrogens with one attached hydrogen (secondary N) is 1. The molecule has 4 aromatic rings. The van der Waals surface area contributed by atoms with E-state index in [-0.39, 0.29) is 6.10 Å². The van der Waals surface area contributed by atoms with Gasteiger partial charge in [0, 0.05) is 24.2 Å². The number of anilines is 2. The first-order chi connectivity index (χ1) is 16.2. The highest BCUT2D eigenvalue weighted by Gasteiger charge is 2.20. The van der Waals surface area contributed by atoms with Crippen LogP contribution in [0, 0.1) is 6.92 Å². The highest BCUT2D eigenvalue weighted by molar-refractivity contribution is 7.07. The highest BCUT2D eigenvalue weighted by atomic mass is 32.1. The molecular weight excluding hydrogens is 434 g/mol. The molecule has 170 valence electrons. The molecule has 1 aliphatic rings. The lowest BCUT2D eigenvalue weighted by Crippen LogP contribution is -2.35.